The van der Waals surface area contributed by atoms with E-state index in [0.717, 1.165) is 6.42 Å². The summed E-state index contributed by atoms with van der Waals surface area (Å²) in [6.07, 6.45) is 0.884. The highest BCUT2D eigenvalue weighted by atomic mass is 14.7. The Balaban J connectivity index is 2.87. The standard InChI is InChI=1S/C11H18N2/c1-8-4-3-5-9(2)11(8)6-10(13)7-12/h3-5,10H,6-7,12-13H2,1-2H3. The lowest BCUT2D eigenvalue weighted by molar-refractivity contribution is 0.674. The zero-order chi connectivity index (χ0) is 9.84. The highest BCUT2D eigenvalue weighted by Gasteiger charge is 2.06. The predicted molar refractivity (Wildman–Crippen MR) is 56.6 cm³/mol. The lowest BCUT2D eigenvalue weighted by Gasteiger charge is -2.13. The van der Waals surface area contributed by atoms with Crippen LogP contribution in [-0.4, -0.2) is 12.6 Å². The molecule has 0 aliphatic rings. The van der Waals surface area contributed by atoms with Crippen LogP contribution in [0.1, 0.15) is 16.7 Å². The fraction of sp³-hybridized carbons (Fsp3) is 0.455. The Hall–Kier alpha value is -0.860. The molecule has 2 heteroatoms. The van der Waals surface area contributed by atoms with Crippen LogP contribution in [0.5, 0.6) is 0 Å². The summed E-state index contributed by atoms with van der Waals surface area (Å²) < 4.78 is 0. The summed E-state index contributed by atoms with van der Waals surface area (Å²) in [4.78, 5) is 0. The van der Waals surface area contributed by atoms with Gasteiger partial charge in [-0.2, -0.15) is 0 Å². The van der Waals surface area contributed by atoms with Gasteiger partial charge in [-0.3, -0.25) is 0 Å². The minimum absolute atomic E-state index is 0.0831. The van der Waals surface area contributed by atoms with Crippen molar-refractivity contribution in [3.63, 3.8) is 0 Å². The third-order valence-corrected chi connectivity index (χ3v) is 2.41. The third-order valence-electron chi connectivity index (χ3n) is 2.41. The molecule has 0 saturated carbocycles. The number of benzene rings is 1. The molecule has 0 aliphatic heterocycles. The molecule has 0 radical (unpaired) electrons. The van der Waals surface area contributed by atoms with Gasteiger partial charge in [0.05, 0.1) is 0 Å². The van der Waals surface area contributed by atoms with E-state index in [1.165, 1.54) is 16.7 Å². The fourth-order valence-electron chi connectivity index (χ4n) is 1.52. The van der Waals surface area contributed by atoms with Crippen molar-refractivity contribution in [3.8, 4) is 0 Å². The summed E-state index contributed by atoms with van der Waals surface area (Å²) in [5, 5.41) is 0. The molecule has 0 spiro atoms. The molecule has 0 amide bonds. The maximum absolute atomic E-state index is 5.82. The van der Waals surface area contributed by atoms with Crippen molar-refractivity contribution in [2.24, 2.45) is 11.5 Å². The summed E-state index contributed by atoms with van der Waals surface area (Å²) in [5.74, 6) is 0. The molecule has 1 unspecified atom stereocenters. The topological polar surface area (TPSA) is 52.0 Å². The molecule has 1 atom stereocenters. The summed E-state index contributed by atoms with van der Waals surface area (Å²) in [5.41, 5.74) is 15.3. The largest absolute Gasteiger partial charge is 0.329 e. The monoisotopic (exact) mass is 178 g/mol. The van der Waals surface area contributed by atoms with Gasteiger partial charge in [0.25, 0.3) is 0 Å². The Morgan fingerprint density at radius 1 is 1.23 bits per heavy atom. The second-order valence-corrected chi connectivity index (χ2v) is 3.57. The van der Waals surface area contributed by atoms with E-state index in [-0.39, 0.29) is 6.04 Å². The van der Waals surface area contributed by atoms with E-state index in [9.17, 15) is 0 Å². The first-order valence-corrected chi connectivity index (χ1v) is 4.66. The second-order valence-electron chi connectivity index (χ2n) is 3.57. The quantitative estimate of drug-likeness (QED) is 0.729. The van der Waals surface area contributed by atoms with Gasteiger partial charge in [0, 0.05) is 12.6 Å². The second kappa shape index (κ2) is 4.40. The average Bonchev–Trinajstić information content (AvgIpc) is 2.11. The van der Waals surface area contributed by atoms with Crippen LogP contribution in [0.25, 0.3) is 0 Å². The van der Waals surface area contributed by atoms with E-state index in [1.54, 1.807) is 0 Å². The molecule has 0 aliphatic carbocycles. The zero-order valence-corrected chi connectivity index (χ0v) is 8.38. The van der Waals surface area contributed by atoms with Crippen molar-refractivity contribution in [1.82, 2.24) is 0 Å². The molecule has 13 heavy (non-hydrogen) atoms. The first-order chi connectivity index (χ1) is 6.15. The number of hydrogen-bond donors (Lipinski definition) is 2. The minimum atomic E-state index is 0.0831. The summed E-state index contributed by atoms with van der Waals surface area (Å²) in [6, 6.07) is 6.39. The van der Waals surface area contributed by atoms with Gasteiger partial charge in [-0.1, -0.05) is 18.2 Å². The lowest BCUT2D eigenvalue weighted by Crippen LogP contribution is -2.32. The molecule has 72 valence electrons. The van der Waals surface area contributed by atoms with Crippen LogP contribution >= 0.6 is 0 Å². The smallest absolute Gasteiger partial charge is 0.0204 e. The Bertz CT molecular complexity index is 261. The highest BCUT2D eigenvalue weighted by Crippen LogP contribution is 2.14. The van der Waals surface area contributed by atoms with Crippen molar-refractivity contribution < 1.29 is 0 Å². The van der Waals surface area contributed by atoms with Crippen LogP contribution in [0.15, 0.2) is 18.2 Å². The van der Waals surface area contributed by atoms with Crippen LogP contribution in [0.4, 0.5) is 0 Å². The molecule has 0 saturated heterocycles. The molecule has 1 rings (SSSR count). The van der Waals surface area contributed by atoms with E-state index in [2.05, 4.69) is 32.0 Å². The summed E-state index contributed by atoms with van der Waals surface area (Å²) in [7, 11) is 0. The Labute approximate surface area is 79.9 Å². The Kier molecular flexibility index (Phi) is 3.46. The predicted octanol–water partition coefficient (Wildman–Crippen LogP) is 1.13. The van der Waals surface area contributed by atoms with E-state index >= 15 is 0 Å². The first kappa shape index (κ1) is 10.2. The molecule has 4 N–H and O–H groups in total. The van der Waals surface area contributed by atoms with Gasteiger partial charge < -0.3 is 11.5 Å². The Morgan fingerprint density at radius 2 is 1.77 bits per heavy atom. The van der Waals surface area contributed by atoms with Crippen LogP contribution in [0.2, 0.25) is 0 Å². The van der Waals surface area contributed by atoms with E-state index in [4.69, 9.17) is 11.5 Å². The van der Waals surface area contributed by atoms with E-state index in [0.29, 0.717) is 6.54 Å². The van der Waals surface area contributed by atoms with E-state index < -0.39 is 0 Å². The molecular formula is C11H18N2. The van der Waals surface area contributed by atoms with Gasteiger partial charge in [-0.05, 0) is 37.0 Å². The summed E-state index contributed by atoms with van der Waals surface area (Å²) in [6.45, 7) is 4.78. The van der Waals surface area contributed by atoms with Gasteiger partial charge in [-0.25, -0.2) is 0 Å². The van der Waals surface area contributed by atoms with Gasteiger partial charge in [0.15, 0.2) is 0 Å². The van der Waals surface area contributed by atoms with Crippen molar-refractivity contribution in [2.75, 3.05) is 6.54 Å². The minimum Gasteiger partial charge on any atom is -0.329 e. The summed E-state index contributed by atoms with van der Waals surface area (Å²) >= 11 is 0. The SMILES string of the molecule is Cc1cccc(C)c1CC(N)CN. The highest BCUT2D eigenvalue weighted by molar-refractivity contribution is 5.34. The number of nitrogens with two attached hydrogens (primary N) is 2. The lowest BCUT2D eigenvalue weighted by atomic mass is 9.97. The molecule has 0 bridgehead atoms. The maximum Gasteiger partial charge on any atom is 0.0204 e. The average molecular weight is 178 g/mol. The molecule has 2 nitrogen and oxygen atoms in total. The molecule has 0 heterocycles. The Morgan fingerprint density at radius 3 is 2.23 bits per heavy atom. The molecule has 1 aromatic carbocycles. The van der Waals surface area contributed by atoms with Gasteiger partial charge in [0.2, 0.25) is 0 Å². The van der Waals surface area contributed by atoms with Crippen LogP contribution < -0.4 is 11.5 Å². The number of aryl methyl sites for hydroxylation is 2. The fourth-order valence-corrected chi connectivity index (χ4v) is 1.52. The maximum atomic E-state index is 5.82. The van der Waals surface area contributed by atoms with Crippen LogP contribution in [-0.2, 0) is 6.42 Å². The van der Waals surface area contributed by atoms with Crippen molar-refractivity contribution >= 4 is 0 Å². The van der Waals surface area contributed by atoms with Gasteiger partial charge >= 0.3 is 0 Å². The number of hydrogen-bond acceptors (Lipinski definition) is 2. The zero-order valence-electron chi connectivity index (χ0n) is 8.38. The molecule has 0 aromatic heterocycles. The third kappa shape index (κ3) is 2.54. The number of rotatable bonds is 3. The van der Waals surface area contributed by atoms with Gasteiger partial charge in [-0.15, -0.1) is 0 Å². The van der Waals surface area contributed by atoms with Gasteiger partial charge in [0.1, 0.15) is 0 Å². The molecular weight excluding hydrogens is 160 g/mol. The molecule has 0 fully saturated rings. The van der Waals surface area contributed by atoms with Crippen LogP contribution in [0, 0.1) is 13.8 Å². The first-order valence-electron chi connectivity index (χ1n) is 4.66. The van der Waals surface area contributed by atoms with Crippen LogP contribution in [0.3, 0.4) is 0 Å². The van der Waals surface area contributed by atoms with Crippen molar-refractivity contribution in [3.05, 3.63) is 34.9 Å². The normalized spacial score (nSPS) is 12.9. The van der Waals surface area contributed by atoms with Crippen molar-refractivity contribution in [1.29, 1.82) is 0 Å². The van der Waals surface area contributed by atoms with E-state index in [1.807, 2.05) is 0 Å². The van der Waals surface area contributed by atoms with Crippen molar-refractivity contribution in [2.45, 2.75) is 26.3 Å². The molecule has 1 aromatic rings.